The van der Waals surface area contributed by atoms with Crippen molar-refractivity contribution in [3.05, 3.63) is 0 Å². The van der Waals surface area contributed by atoms with Crippen molar-refractivity contribution < 1.29 is 27.5 Å². The Balaban J connectivity index is 2.97. The first kappa shape index (κ1) is 13.7. The second-order valence-electron chi connectivity index (χ2n) is 4.51. The maximum absolute atomic E-state index is 12.1. The summed E-state index contributed by atoms with van der Waals surface area (Å²) in [6, 6.07) is 0. The minimum atomic E-state index is -5.08. The maximum atomic E-state index is 12.1. The minimum Gasteiger partial charge on any atom is -0.402 e. The zero-order chi connectivity index (χ0) is 13.4. The maximum Gasteiger partial charge on any atom is 0.459 e. The Morgan fingerprint density at radius 1 is 1.47 bits per heavy atom. The van der Waals surface area contributed by atoms with E-state index >= 15 is 0 Å². The average molecular weight is 251 g/mol. The fourth-order valence-electron chi connectivity index (χ4n) is 1.63. The van der Waals surface area contributed by atoms with Crippen LogP contribution in [0.15, 0.2) is 4.99 Å². The minimum absolute atomic E-state index is 0.0386. The molecule has 0 N–H and O–H groups in total. The van der Waals surface area contributed by atoms with Gasteiger partial charge in [-0.2, -0.15) is 13.2 Å². The van der Waals surface area contributed by atoms with Crippen LogP contribution in [0.4, 0.5) is 13.2 Å². The number of nitrogens with zero attached hydrogens (tertiary/aromatic N) is 1. The average Bonchev–Trinajstić information content (AvgIpc) is 2.38. The Labute approximate surface area is 95.8 Å². The Bertz CT molecular complexity index is 387. The number of rotatable bonds is 3. The lowest BCUT2D eigenvalue weighted by atomic mass is 9.92. The number of carbonyl (C=O) groups is 2. The van der Waals surface area contributed by atoms with Crippen LogP contribution in [-0.2, 0) is 14.3 Å². The SMILES string of the molecule is CC(C)C[C@]1(C)N=C(C(=O)C(F)(F)F)OC1=O. The summed E-state index contributed by atoms with van der Waals surface area (Å²) in [5.41, 5.74) is -1.40. The van der Waals surface area contributed by atoms with E-state index in [0.29, 0.717) is 0 Å². The summed E-state index contributed by atoms with van der Waals surface area (Å²) in [5.74, 6) is -4.26. The highest BCUT2D eigenvalue weighted by atomic mass is 19.4. The molecule has 1 rings (SSSR count). The monoisotopic (exact) mass is 251 g/mol. The normalized spacial score (nSPS) is 24.9. The summed E-state index contributed by atoms with van der Waals surface area (Å²) in [6.07, 6.45) is -4.86. The van der Waals surface area contributed by atoms with Gasteiger partial charge in [-0.1, -0.05) is 13.8 Å². The van der Waals surface area contributed by atoms with E-state index in [1.54, 1.807) is 13.8 Å². The molecule has 0 radical (unpaired) electrons. The zero-order valence-corrected chi connectivity index (χ0v) is 9.59. The van der Waals surface area contributed by atoms with E-state index in [1.165, 1.54) is 6.92 Å². The third-order valence-electron chi connectivity index (χ3n) is 2.23. The van der Waals surface area contributed by atoms with Crippen molar-refractivity contribution in [2.24, 2.45) is 10.9 Å². The second-order valence-corrected chi connectivity index (χ2v) is 4.51. The molecule has 0 aromatic rings. The molecule has 0 amide bonds. The van der Waals surface area contributed by atoms with Crippen LogP contribution in [0, 0.1) is 5.92 Å². The number of esters is 1. The fraction of sp³-hybridized carbons (Fsp3) is 0.700. The molecule has 96 valence electrons. The lowest BCUT2D eigenvalue weighted by molar-refractivity contribution is -0.165. The van der Waals surface area contributed by atoms with Gasteiger partial charge in [-0.25, -0.2) is 9.79 Å². The lowest BCUT2D eigenvalue weighted by Crippen LogP contribution is -2.32. The number of hydrogen-bond donors (Lipinski definition) is 0. The highest BCUT2D eigenvalue weighted by Gasteiger charge is 2.50. The molecule has 0 bridgehead atoms. The number of halogens is 3. The van der Waals surface area contributed by atoms with Gasteiger partial charge in [0.2, 0.25) is 0 Å². The van der Waals surface area contributed by atoms with Gasteiger partial charge < -0.3 is 4.74 Å². The Morgan fingerprint density at radius 2 is 2.00 bits per heavy atom. The molecule has 0 saturated heterocycles. The van der Waals surface area contributed by atoms with Crippen LogP contribution in [0.1, 0.15) is 27.2 Å². The number of alkyl halides is 3. The van der Waals surface area contributed by atoms with Gasteiger partial charge in [0.05, 0.1) is 0 Å². The first-order valence-corrected chi connectivity index (χ1v) is 5.00. The molecule has 1 aliphatic heterocycles. The Hall–Kier alpha value is -1.40. The topological polar surface area (TPSA) is 55.7 Å². The molecule has 4 nitrogen and oxygen atoms in total. The molecule has 1 aliphatic rings. The van der Waals surface area contributed by atoms with Crippen molar-refractivity contribution in [2.45, 2.75) is 38.9 Å². The predicted molar refractivity (Wildman–Crippen MR) is 52.4 cm³/mol. The van der Waals surface area contributed by atoms with Gasteiger partial charge in [0.15, 0.2) is 5.54 Å². The number of hydrogen-bond acceptors (Lipinski definition) is 4. The number of ketones is 1. The van der Waals surface area contributed by atoms with E-state index in [1.807, 2.05) is 0 Å². The Morgan fingerprint density at radius 3 is 2.41 bits per heavy atom. The molecule has 7 heteroatoms. The standard InChI is InChI=1S/C10H12F3NO3/c1-5(2)4-9(3)8(16)17-7(14-9)6(15)10(11,12)13/h5H,4H2,1-3H3/t9-/m0/s1. The van der Waals surface area contributed by atoms with E-state index in [9.17, 15) is 22.8 Å². The van der Waals surface area contributed by atoms with Gasteiger partial charge in [0.25, 0.3) is 5.90 Å². The molecule has 1 atom stereocenters. The van der Waals surface area contributed by atoms with Crippen LogP contribution in [-0.4, -0.2) is 29.4 Å². The number of cyclic esters (lactones) is 1. The van der Waals surface area contributed by atoms with Gasteiger partial charge in [-0.3, -0.25) is 4.79 Å². The van der Waals surface area contributed by atoms with Crippen molar-refractivity contribution in [3.63, 3.8) is 0 Å². The van der Waals surface area contributed by atoms with Crippen molar-refractivity contribution in [2.75, 3.05) is 0 Å². The molecule has 0 spiro atoms. The smallest absolute Gasteiger partial charge is 0.402 e. The van der Waals surface area contributed by atoms with Crippen molar-refractivity contribution >= 4 is 17.7 Å². The summed E-state index contributed by atoms with van der Waals surface area (Å²) in [7, 11) is 0. The lowest BCUT2D eigenvalue weighted by Gasteiger charge is -2.17. The van der Waals surface area contributed by atoms with E-state index < -0.39 is 29.4 Å². The second kappa shape index (κ2) is 4.12. The van der Waals surface area contributed by atoms with Crippen LogP contribution < -0.4 is 0 Å². The van der Waals surface area contributed by atoms with Gasteiger partial charge in [-0.05, 0) is 19.3 Å². The molecule has 0 fully saturated rings. The number of aliphatic imine (C=N–C) groups is 1. The first-order valence-electron chi connectivity index (χ1n) is 5.00. The molecular weight excluding hydrogens is 239 g/mol. The molecule has 0 aromatic carbocycles. The summed E-state index contributed by atoms with van der Waals surface area (Å²) in [4.78, 5) is 25.8. The molecule has 0 saturated carbocycles. The van der Waals surface area contributed by atoms with Crippen LogP contribution in [0.2, 0.25) is 0 Å². The molecule has 0 aromatic heterocycles. The summed E-state index contributed by atoms with van der Waals surface area (Å²) < 4.78 is 40.7. The Kier molecular flexibility index (Phi) is 3.31. The van der Waals surface area contributed by atoms with Crippen LogP contribution in [0.5, 0.6) is 0 Å². The van der Waals surface area contributed by atoms with Gasteiger partial charge >= 0.3 is 17.9 Å². The number of carbonyl (C=O) groups excluding carboxylic acids is 2. The summed E-state index contributed by atoms with van der Waals surface area (Å²) in [6.45, 7) is 4.93. The first-order chi connectivity index (χ1) is 7.56. The molecule has 0 aliphatic carbocycles. The van der Waals surface area contributed by atoms with E-state index in [2.05, 4.69) is 9.73 Å². The quantitative estimate of drug-likeness (QED) is 0.719. The van der Waals surface area contributed by atoms with Crippen LogP contribution in [0.3, 0.4) is 0 Å². The molecule has 1 heterocycles. The van der Waals surface area contributed by atoms with Crippen LogP contribution >= 0.6 is 0 Å². The zero-order valence-electron chi connectivity index (χ0n) is 9.59. The van der Waals surface area contributed by atoms with Gasteiger partial charge in [0.1, 0.15) is 0 Å². The largest absolute Gasteiger partial charge is 0.459 e. The molecule has 17 heavy (non-hydrogen) atoms. The van der Waals surface area contributed by atoms with E-state index in [-0.39, 0.29) is 12.3 Å². The number of Topliss-reactive ketones (excluding diaryl/α,β-unsaturated/α-hetero) is 1. The van der Waals surface area contributed by atoms with E-state index in [4.69, 9.17) is 0 Å². The summed E-state index contributed by atoms with van der Waals surface area (Å²) in [5, 5.41) is 0. The van der Waals surface area contributed by atoms with Crippen molar-refractivity contribution in [3.8, 4) is 0 Å². The summed E-state index contributed by atoms with van der Waals surface area (Å²) >= 11 is 0. The third-order valence-corrected chi connectivity index (χ3v) is 2.23. The fourth-order valence-corrected chi connectivity index (χ4v) is 1.63. The van der Waals surface area contributed by atoms with Crippen molar-refractivity contribution in [1.82, 2.24) is 0 Å². The molecular formula is C10H12F3NO3. The third kappa shape index (κ3) is 2.83. The predicted octanol–water partition coefficient (Wildman–Crippen LogP) is 1.88. The van der Waals surface area contributed by atoms with Crippen molar-refractivity contribution in [1.29, 1.82) is 0 Å². The van der Waals surface area contributed by atoms with Gasteiger partial charge in [-0.15, -0.1) is 0 Å². The van der Waals surface area contributed by atoms with E-state index in [0.717, 1.165) is 0 Å². The highest BCUT2D eigenvalue weighted by Crippen LogP contribution is 2.29. The number of ether oxygens (including phenoxy) is 1. The van der Waals surface area contributed by atoms with Crippen LogP contribution in [0.25, 0.3) is 0 Å². The van der Waals surface area contributed by atoms with Gasteiger partial charge in [0, 0.05) is 0 Å². The molecule has 0 unspecified atom stereocenters. The highest BCUT2D eigenvalue weighted by molar-refractivity contribution is 6.41.